The second kappa shape index (κ2) is 9.40. The summed E-state index contributed by atoms with van der Waals surface area (Å²) < 4.78 is 22.1. The van der Waals surface area contributed by atoms with E-state index in [4.69, 9.17) is 15.6 Å². The Kier molecular flexibility index (Phi) is 6.13. The zero-order valence-corrected chi connectivity index (χ0v) is 20.3. The van der Waals surface area contributed by atoms with Crippen molar-refractivity contribution >= 4 is 22.8 Å². The molecule has 36 heavy (non-hydrogen) atoms. The van der Waals surface area contributed by atoms with E-state index in [1.54, 1.807) is 43.8 Å². The van der Waals surface area contributed by atoms with E-state index in [0.29, 0.717) is 51.5 Å². The van der Waals surface area contributed by atoms with Crippen LogP contribution in [0.2, 0.25) is 0 Å². The Balaban J connectivity index is 1.69. The van der Waals surface area contributed by atoms with Gasteiger partial charge in [-0.2, -0.15) is 10.2 Å². The van der Waals surface area contributed by atoms with Gasteiger partial charge in [0.05, 0.1) is 29.9 Å². The van der Waals surface area contributed by atoms with E-state index in [1.165, 1.54) is 12.3 Å². The van der Waals surface area contributed by atoms with Crippen LogP contribution in [0.25, 0.3) is 28.2 Å². The van der Waals surface area contributed by atoms with Gasteiger partial charge in [-0.25, -0.2) is 23.5 Å². The van der Waals surface area contributed by atoms with Gasteiger partial charge >= 0.3 is 5.97 Å². The molecule has 4 heterocycles. The van der Waals surface area contributed by atoms with Crippen LogP contribution in [0.1, 0.15) is 41.5 Å². The lowest BCUT2D eigenvalue weighted by Gasteiger charge is -2.04. The average molecular weight is 491 g/mol. The van der Waals surface area contributed by atoms with Crippen LogP contribution >= 0.6 is 0 Å². The molecule has 1 aliphatic carbocycles. The van der Waals surface area contributed by atoms with Crippen molar-refractivity contribution in [2.75, 3.05) is 12.3 Å². The number of nitrogen functional groups attached to an aromatic ring is 1. The normalized spacial score (nSPS) is 13.1. The summed E-state index contributed by atoms with van der Waals surface area (Å²) in [5.41, 5.74) is 9.76. The van der Waals surface area contributed by atoms with Crippen molar-refractivity contribution in [2.45, 2.75) is 40.2 Å². The van der Waals surface area contributed by atoms with E-state index >= 15 is 0 Å². The van der Waals surface area contributed by atoms with Gasteiger partial charge in [-0.3, -0.25) is 4.98 Å². The third-order valence-corrected chi connectivity index (χ3v) is 6.07. The molecule has 0 radical (unpaired) electrons. The number of hydrogen-bond acceptors (Lipinski definition) is 7. The van der Waals surface area contributed by atoms with Gasteiger partial charge in [-0.15, -0.1) is 0 Å². The molecule has 0 amide bonds. The quantitative estimate of drug-likeness (QED) is 0.390. The number of esters is 1. The monoisotopic (exact) mass is 490 g/mol. The molecule has 4 aromatic heterocycles. The molecule has 1 saturated carbocycles. The number of aryl methyl sites for hydroxylation is 1. The molecular formula is C25H27FN8O2. The molecule has 186 valence electrons. The molecule has 0 bridgehead atoms. The predicted molar refractivity (Wildman–Crippen MR) is 132 cm³/mol. The number of carbonyl (C=O) groups excluding carboxylic acids is 1. The summed E-state index contributed by atoms with van der Waals surface area (Å²) in [4.78, 5) is 24.5. The Bertz CT molecular complexity index is 1500. The van der Waals surface area contributed by atoms with Crippen LogP contribution in [-0.2, 0) is 11.3 Å². The summed E-state index contributed by atoms with van der Waals surface area (Å²) in [6.07, 6.45) is 5.09. The number of anilines is 1. The number of nitrogens with zero attached hydrogens (tertiary/aromatic N) is 6. The number of rotatable bonds is 6. The highest BCUT2D eigenvalue weighted by Crippen LogP contribution is 2.33. The van der Waals surface area contributed by atoms with Gasteiger partial charge < -0.3 is 15.5 Å². The van der Waals surface area contributed by atoms with Gasteiger partial charge in [0.15, 0.2) is 5.82 Å². The number of pyridine rings is 1. The maximum absolute atomic E-state index is 13.5. The van der Waals surface area contributed by atoms with Crippen molar-refractivity contribution in [3.05, 3.63) is 59.4 Å². The Labute approximate surface area is 206 Å². The van der Waals surface area contributed by atoms with Crippen molar-refractivity contribution in [3.8, 4) is 17.2 Å². The van der Waals surface area contributed by atoms with Gasteiger partial charge in [0.2, 0.25) is 0 Å². The van der Waals surface area contributed by atoms with Gasteiger partial charge in [-0.1, -0.05) is 0 Å². The van der Waals surface area contributed by atoms with E-state index in [9.17, 15) is 9.18 Å². The van der Waals surface area contributed by atoms with E-state index in [0.717, 1.165) is 24.8 Å². The van der Waals surface area contributed by atoms with Crippen LogP contribution < -0.4 is 5.73 Å². The zero-order chi connectivity index (χ0) is 25.4. The third-order valence-electron chi connectivity index (χ3n) is 6.07. The smallest absolute Gasteiger partial charge is 0.341 e. The van der Waals surface area contributed by atoms with Gasteiger partial charge in [0.1, 0.15) is 28.5 Å². The molecule has 0 aliphatic heterocycles. The number of fused-ring (bicyclic) bond motifs is 1. The van der Waals surface area contributed by atoms with Crippen LogP contribution in [0.4, 0.5) is 10.2 Å². The Morgan fingerprint density at radius 2 is 2.03 bits per heavy atom. The summed E-state index contributed by atoms with van der Waals surface area (Å²) in [6.45, 7) is 6.28. The maximum atomic E-state index is 13.5. The fourth-order valence-corrected chi connectivity index (χ4v) is 4.17. The van der Waals surface area contributed by atoms with Crippen molar-refractivity contribution in [1.29, 1.82) is 0 Å². The lowest BCUT2D eigenvalue weighted by molar-refractivity contribution is 0.0524. The Morgan fingerprint density at radius 3 is 2.72 bits per heavy atom. The first-order valence-electron chi connectivity index (χ1n) is 11.8. The number of halogens is 1. The molecule has 10 nitrogen and oxygen atoms in total. The largest absolute Gasteiger partial charge is 0.462 e. The fourth-order valence-electron chi connectivity index (χ4n) is 4.17. The molecule has 5 rings (SSSR count). The first kappa shape index (κ1) is 23.5. The van der Waals surface area contributed by atoms with Crippen molar-refractivity contribution in [1.82, 2.24) is 34.5 Å². The Hall–Kier alpha value is -4.28. The molecule has 11 heteroatoms. The number of nitrogens with one attached hydrogen (secondary N) is 1. The van der Waals surface area contributed by atoms with Crippen molar-refractivity contribution in [2.24, 2.45) is 5.92 Å². The minimum Gasteiger partial charge on any atom is -0.462 e. The molecule has 0 atom stereocenters. The van der Waals surface area contributed by atoms with Crippen LogP contribution in [0.3, 0.4) is 0 Å². The summed E-state index contributed by atoms with van der Waals surface area (Å²) >= 11 is 0. The van der Waals surface area contributed by atoms with Crippen molar-refractivity contribution < 1.29 is 13.9 Å². The number of nitrogens with two attached hydrogens (primary N) is 1. The molecule has 0 saturated heterocycles. The molecule has 0 spiro atoms. The summed E-state index contributed by atoms with van der Waals surface area (Å²) in [6, 6.07) is 6.41. The van der Waals surface area contributed by atoms with E-state index < -0.39 is 11.8 Å². The summed E-state index contributed by atoms with van der Waals surface area (Å²) in [5.74, 6) is 0.435. The fraction of sp³-hybridized carbons (Fsp3) is 0.320. The maximum Gasteiger partial charge on any atom is 0.341 e. The predicted octanol–water partition coefficient (Wildman–Crippen LogP) is 4.06. The molecule has 0 aromatic carbocycles. The first-order chi connectivity index (χ1) is 17.4. The first-order valence-corrected chi connectivity index (χ1v) is 11.8. The minimum atomic E-state index is -0.433. The van der Waals surface area contributed by atoms with Gasteiger partial charge in [-0.05, 0) is 57.7 Å². The average Bonchev–Trinajstić information content (AvgIpc) is 3.51. The number of H-pyrrole nitrogens is 1. The minimum absolute atomic E-state index is 0.269. The van der Waals surface area contributed by atoms with Crippen LogP contribution in [0.15, 0.2) is 36.7 Å². The van der Waals surface area contributed by atoms with Gasteiger partial charge in [0, 0.05) is 24.2 Å². The highest BCUT2D eigenvalue weighted by Gasteiger charge is 2.25. The number of ether oxygens (including phenoxy) is 1. The van der Waals surface area contributed by atoms with E-state index in [1.807, 2.05) is 10.7 Å². The molecule has 1 fully saturated rings. The molecule has 1 aliphatic rings. The highest BCUT2D eigenvalue weighted by atomic mass is 19.1. The van der Waals surface area contributed by atoms with Crippen LogP contribution in [-0.4, -0.2) is 47.1 Å². The van der Waals surface area contributed by atoms with Crippen LogP contribution in [0.5, 0.6) is 0 Å². The highest BCUT2D eigenvalue weighted by molar-refractivity contribution is 5.92. The van der Waals surface area contributed by atoms with E-state index in [2.05, 4.69) is 20.1 Å². The summed E-state index contributed by atoms with van der Waals surface area (Å²) in [5, 5.41) is 10.0. The molecule has 3 N–H and O–H groups in total. The summed E-state index contributed by atoms with van der Waals surface area (Å²) in [7, 11) is 0. The standard InChI is InChI=1S/C25H27FN8O2/c1-4-36-25(35)22-14(2)31-34(15(22)3)21-11-20(27)30-24-18(9-10-28-21)23(19-8-7-17(26)12-29-19)32-33(24)13-16-5-6-16/h7-12,16,30H,4-6,13,27H2,1-3H3. The molecule has 4 aromatic rings. The topological polar surface area (TPSA) is 130 Å². The lowest BCUT2D eigenvalue weighted by Crippen LogP contribution is -2.08. The van der Waals surface area contributed by atoms with Crippen LogP contribution in [0, 0.1) is 25.6 Å². The van der Waals surface area contributed by atoms with Gasteiger partial charge in [0.25, 0.3) is 0 Å². The second-order valence-electron chi connectivity index (χ2n) is 8.80. The number of aromatic nitrogens is 7. The number of aromatic amines is 1. The second-order valence-corrected chi connectivity index (χ2v) is 8.80. The third kappa shape index (κ3) is 4.51. The molecular weight excluding hydrogens is 463 g/mol. The number of carbonyl (C=O) groups is 1. The number of hydrogen-bond donors (Lipinski definition) is 2. The SMILES string of the molecule is CCOC(=O)c1c(C)nn(-c2cc(N)[nH]c3c(ccn2)c(-c2ccc(F)cn2)nn3CC2CC2)c1C. The zero-order valence-electron chi connectivity index (χ0n) is 20.3. The van der Waals surface area contributed by atoms with Crippen molar-refractivity contribution in [3.63, 3.8) is 0 Å². The lowest BCUT2D eigenvalue weighted by atomic mass is 10.2. The molecule has 0 unspecified atom stereocenters. The van der Waals surface area contributed by atoms with E-state index in [-0.39, 0.29) is 6.61 Å². The Morgan fingerprint density at radius 1 is 1.22 bits per heavy atom.